The van der Waals surface area contributed by atoms with Gasteiger partial charge in [-0.1, -0.05) is 0 Å². The van der Waals surface area contributed by atoms with Crippen molar-refractivity contribution in [2.75, 3.05) is 18.5 Å². The molecule has 11 nitrogen and oxygen atoms in total. The molecule has 3 saturated heterocycles. The highest BCUT2D eigenvalue weighted by Gasteiger charge is 2.62. The second-order valence-corrected chi connectivity index (χ2v) is 9.15. The third-order valence-corrected chi connectivity index (χ3v) is 5.52. The van der Waals surface area contributed by atoms with Crippen molar-refractivity contribution in [3.8, 4) is 0 Å². The van der Waals surface area contributed by atoms with Gasteiger partial charge in [0.05, 0.1) is 18.7 Å². The van der Waals surface area contributed by atoms with E-state index >= 15 is 0 Å². The van der Waals surface area contributed by atoms with E-state index in [-0.39, 0.29) is 13.2 Å². The standard InChI is InChI=1S/C23H30N2O9/c1-6-29-20(28)12-7-9-13(10-8-12)25-14(26)11-24-19(27)17-15-16(32-22(2,3)31-15)18-21(30-17)34-23(4,5)33-18/h7-10,15-18,21H,6,11H2,1-5H3,(H,24,27)(H,25,26)/t15-,16-,17+,18-,21+/m0/s1. The molecule has 11 heteroatoms. The summed E-state index contributed by atoms with van der Waals surface area (Å²) in [5.41, 5.74) is 0.843. The summed E-state index contributed by atoms with van der Waals surface area (Å²) in [4.78, 5) is 37.0. The summed E-state index contributed by atoms with van der Waals surface area (Å²) in [5.74, 6) is -3.26. The van der Waals surface area contributed by atoms with Gasteiger partial charge in [0.2, 0.25) is 5.91 Å². The minimum Gasteiger partial charge on any atom is -0.462 e. The number of carbonyl (C=O) groups excluding carboxylic acids is 3. The molecule has 0 spiro atoms. The second kappa shape index (κ2) is 9.23. The van der Waals surface area contributed by atoms with Crippen LogP contribution < -0.4 is 10.6 Å². The van der Waals surface area contributed by atoms with Crippen LogP contribution in [0.5, 0.6) is 0 Å². The molecular formula is C23H30N2O9. The molecule has 1 aromatic rings. The van der Waals surface area contributed by atoms with Crippen LogP contribution in [0.2, 0.25) is 0 Å². The Labute approximate surface area is 197 Å². The van der Waals surface area contributed by atoms with E-state index in [2.05, 4.69) is 10.6 Å². The smallest absolute Gasteiger partial charge is 0.338 e. The van der Waals surface area contributed by atoms with Crippen LogP contribution in [-0.2, 0) is 38.0 Å². The highest BCUT2D eigenvalue weighted by atomic mass is 16.9. The fourth-order valence-corrected chi connectivity index (χ4v) is 4.20. The summed E-state index contributed by atoms with van der Waals surface area (Å²) in [5, 5.41) is 5.24. The lowest BCUT2D eigenvalue weighted by molar-refractivity contribution is -0.231. The second-order valence-electron chi connectivity index (χ2n) is 9.15. The Morgan fingerprint density at radius 1 is 0.912 bits per heavy atom. The quantitative estimate of drug-likeness (QED) is 0.581. The summed E-state index contributed by atoms with van der Waals surface area (Å²) in [7, 11) is 0. The van der Waals surface area contributed by atoms with E-state index in [1.165, 1.54) is 0 Å². The Hall–Kier alpha value is -2.57. The molecule has 0 bridgehead atoms. The number of fused-ring (bicyclic) bond motifs is 3. The monoisotopic (exact) mass is 478 g/mol. The number of esters is 1. The first-order valence-electron chi connectivity index (χ1n) is 11.2. The third kappa shape index (κ3) is 5.23. The predicted octanol–water partition coefficient (Wildman–Crippen LogP) is 1.31. The molecule has 0 unspecified atom stereocenters. The Morgan fingerprint density at radius 2 is 1.53 bits per heavy atom. The molecule has 1 aromatic carbocycles. The molecule has 5 atom stereocenters. The van der Waals surface area contributed by atoms with Gasteiger partial charge >= 0.3 is 5.97 Å². The van der Waals surface area contributed by atoms with Crippen molar-refractivity contribution in [3.63, 3.8) is 0 Å². The molecule has 2 amide bonds. The van der Waals surface area contributed by atoms with E-state index in [1.54, 1.807) is 58.9 Å². The SMILES string of the molecule is CCOC(=O)c1ccc(NC(=O)CNC(=O)[C@@H]2O[C@@H]3OC(C)(C)O[C@H]3[C@H]3OC(C)(C)O[C@@H]32)cc1. The number of nitrogens with one attached hydrogen (secondary N) is 2. The van der Waals surface area contributed by atoms with Gasteiger partial charge in [-0.05, 0) is 58.9 Å². The van der Waals surface area contributed by atoms with Gasteiger partial charge in [-0.25, -0.2) is 4.79 Å². The molecular weight excluding hydrogens is 448 g/mol. The van der Waals surface area contributed by atoms with Crippen molar-refractivity contribution in [2.45, 2.75) is 76.9 Å². The third-order valence-electron chi connectivity index (χ3n) is 5.52. The van der Waals surface area contributed by atoms with E-state index < -0.39 is 60.1 Å². The lowest BCUT2D eigenvalue weighted by Crippen LogP contribution is -2.59. The average Bonchev–Trinajstić information content (AvgIpc) is 3.25. The van der Waals surface area contributed by atoms with Gasteiger partial charge in [-0.3, -0.25) is 9.59 Å². The average molecular weight is 478 g/mol. The number of hydrogen-bond acceptors (Lipinski definition) is 9. The first kappa shape index (κ1) is 24.6. The van der Waals surface area contributed by atoms with Crippen LogP contribution in [0.15, 0.2) is 24.3 Å². The largest absolute Gasteiger partial charge is 0.462 e. The van der Waals surface area contributed by atoms with Crippen molar-refractivity contribution in [1.29, 1.82) is 0 Å². The molecule has 34 heavy (non-hydrogen) atoms. The first-order valence-corrected chi connectivity index (χ1v) is 11.2. The van der Waals surface area contributed by atoms with Gasteiger partial charge < -0.3 is 39.1 Å². The Morgan fingerprint density at radius 3 is 2.21 bits per heavy atom. The van der Waals surface area contributed by atoms with Crippen LogP contribution >= 0.6 is 0 Å². The number of hydrogen-bond donors (Lipinski definition) is 2. The molecule has 0 aliphatic carbocycles. The Balaban J connectivity index is 1.35. The van der Waals surface area contributed by atoms with Crippen molar-refractivity contribution >= 4 is 23.5 Å². The van der Waals surface area contributed by atoms with Gasteiger partial charge in [0.15, 0.2) is 24.0 Å². The molecule has 3 heterocycles. The molecule has 3 aliphatic rings. The topological polar surface area (TPSA) is 131 Å². The Kier molecular flexibility index (Phi) is 6.67. The highest BCUT2D eigenvalue weighted by Crippen LogP contribution is 2.44. The molecule has 3 fully saturated rings. The number of carbonyl (C=O) groups is 3. The van der Waals surface area contributed by atoms with Gasteiger partial charge in [0.25, 0.3) is 5.91 Å². The fraction of sp³-hybridized carbons (Fsp3) is 0.609. The summed E-state index contributed by atoms with van der Waals surface area (Å²) < 4.78 is 34.4. The van der Waals surface area contributed by atoms with E-state index in [0.29, 0.717) is 11.3 Å². The molecule has 2 N–H and O–H groups in total. The number of anilines is 1. The molecule has 3 aliphatic heterocycles. The van der Waals surface area contributed by atoms with E-state index in [9.17, 15) is 14.4 Å². The van der Waals surface area contributed by atoms with Crippen LogP contribution in [0, 0.1) is 0 Å². The lowest BCUT2D eigenvalue weighted by atomic mass is 9.98. The van der Waals surface area contributed by atoms with Crippen LogP contribution in [-0.4, -0.2) is 73.2 Å². The van der Waals surface area contributed by atoms with Crippen molar-refractivity contribution in [1.82, 2.24) is 5.32 Å². The summed E-state index contributed by atoms with van der Waals surface area (Å²) >= 11 is 0. The predicted molar refractivity (Wildman–Crippen MR) is 117 cm³/mol. The van der Waals surface area contributed by atoms with Gasteiger partial charge in [0.1, 0.15) is 18.3 Å². The maximum Gasteiger partial charge on any atom is 0.338 e. The minimum absolute atomic E-state index is 0.274. The summed E-state index contributed by atoms with van der Waals surface area (Å²) in [6, 6.07) is 6.24. The Bertz CT molecular complexity index is 946. The number of benzene rings is 1. The first-order chi connectivity index (χ1) is 16.0. The zero-order chi connectivity index (χ0) is 24.7. The molecule has 0 radical (unpaired) electrons. The van der Waals surface area contributed by atoms with E-state index in [0.717, 1.165) is 0 Å². The van der Waals surface area contributed by atoms with Gasteiger partial charge in [-0.15, -0.1) is 0 Å². The summed E-state index contributed by atoms with van der Waals surface area (Å²) in [6.45, 7) is 8.70. The summed E-state index contributed by atoms with van der Waals surface area (Å²) in [6.07, 6.45) is -3.71. The van der Waals surface area contributed by atoms with Crippen LogP contribution in [0.1, 0.15) is 45.0 Å². The van der Waals surface area contributed by atoms with Gasteiger partial charge in [0, 0.05) is 5.69 Å². The minimum atomic E-state index is -1.05. The highest BCUT2D eigenvalue weighted by molar-refractivity contribution is 5.96. The normalized spacial score (nSPS) is 30.7. The zero-order valence-corrected chi connectivity index (χ0v) is 19.8. The van der Waals surface area contributed by atoms with Crippen molar-refractivity contribution in [3.05, 3.63) is 29.8 Å². The van der Waals surface area contributed by atoms with Crippen molar-refractivity contribution in [2.24, 2.45) is 0 Å². The van der Waals surface area contributed by atoms with Crippen LogP contribution in [0.25, 0.3) is 0 Å². The van der Waals surface area contributed by atoms with Crippen LogP contribution in [0.4, 0.5) is 5.69 Å². The maximum absolute atomic E-state index is 12.9. The van der Waals surface area contributed by atoms with Crippen LogP contribution in [0.3, 0.4) is 0 Å². The molecule has 0 aromatic heterocycles. The fourth-order valence-electron chi connectivity index (χ4n) is 4.20. The number of amides is 2. The van der Waals surface area contributed by atoms with E-state index in [4.69, 9.17) is 28.4 Å². The number of ether oxygens (including phenoxy) is 6. The molecule has 186 valence electrons. The van der Waals surface area contributed by atoms with Gasteiger partial charge in [-0.2, -0.15) is 0 Å². The molecule has 4 rings (SSSR count). The number of rotatable bonds is 6. The zero-order valence-electron chi connectivity index (χ0n) is 19.8. The lowest BCUT2D eigenvalue weighted by Gasteiger charge is -2.36. The maximum atomic E-state index is 12.9. The molecule has 0 saturated carbocycles. The van der Waals surface area contributed by atoms with E-state index in [1.807, 2.05) is 0 Å². The van der Waals surface area contributed by atoms with Crippen molar-refractivity contribution < 1.29 is 42.8 Å².